The number of nitrogens with one attached hydrogen (secondary N) is 1. The molecule has 16 heavy (non-hydrogen) atoms. The number of hydrogen-bond acceptors (Lipinski definition) is 4. The smallest absolute Gasteiger partial charge is 0.0902 e. The Labute approximate surface area is 99.3 Å². The lowest BCUT2D eigenvalue weighted by Gasteiger charge is -2.39. The van der Waals surface area contributed by atoms with Gasteiger partial charge in [0.2, 0.25) is 0 Å². The fourth-order valence-corrected chi connectivity index (χ4v) is 1.77. The normalized spacial score (nSPS) is 18.8. The van der Waals surface area contributed by atoms with E-state index >= 15 is 0 Å². The van der Waals surface area contributed by atoms with Crippen molar-refractivity contribution in [2.75, 3.05) is 52.5 Å². The maximum atomic E-state index is 5.86. The fraction of sp³-hybridized carbons (Fsp3) is 1.00. The molecule has 4 heteroatoms. The summed E-state index contributed by atoms with van der Waals surface area (Å²) in [6.07, 6.45) is 0. The molecular weight excluding hydrogens is 204 g/mol. The van der Waals surface area contributed by atoms with Crippen LogP contribution in [0.5, 0.6) is 0 Å². The van der Waals surface area contributed by atoms with Gasteiger partial charge in [-0.3, -0.25) is 4.90 Å². The molecule has 1 rings (SSSR count). The zero-order chi connectivity index (χ0) is 11.9. The van der Waals surface area contributed by atoms with Crippen molar-refractivity contribution in [1.29, 1.82) is 0 Å². The summed E-state index contributed by atoms with van der Waals surface area (Å²) in [5.74, 6) is 0. The molecular formula is C12H26N2O2. The summed E-state index contributed by atoms with van der Waals surface area (Å²) in [5.41, 5.74) is 0.0827. The van der Waals surface area contributed by atoms with E-state index < -0.39 is 0 Å². The van der Waals surface area contributed by atoms with E-state index in [0.717, 1.165) is 52.5 Å². The van der Waals surface area contributed by atoms with E-state index in [-0.39, 0.29) is 5.60 Å². The number of rotatable bonds is 9. The molecule has 0 aromatic carbocycles. The fourth-order valence-electron chi connectivity index (χ4n) is 1.77. The van der Waals surface area contributed by atoms with Crippen molar-refractivity contribution < 1.29 is 9.47 Å². The van der Waals surface area contributed by atoms with Gasteiger partial charge in [0.25, 0.3) is 0 Å². The average molecular weight is 230 g/mol. The van der Waals surface area contributed by atoms with Gasteiger partial charge in [0.1, 0.15) is 0 Å². The number of likely N-dealkylation sites (N-methyl/N-ethyl adjacent to an activating group) is 1. The topological polar surface area (TPSA) is 33.7 Å². The van der Waals surface area contributed by atoms with Gasteiger partial charge in [0.15, 0.2) is 0 Å². The van der Waals surface area contributed by atoms with E-state index in [2.05, 4.69) is 24.1 Å². The van der Waals surface area contributed by atoms with Crippen molar-refractivity contribution in [3.63, 3.8) is 0 Å². The molecule has 4 nitrogen and oxygen atoms in total. The van der Waals surface area contributed by atoms with Crippen molar-refractivity contribution >= 4 is 0 Å². The van der Waals surface area contributed by atoms with E-state index in [4.69, 9.17) is 9.47 Å². The van der Waals surface area contributed by atoms with E-state index in [1.165, 1.54) is 0 Å². The van der Waals surface area contributed by atoms with Crippen LogP contribution in [0.3, 0.4) is 0 Å². The van der Waals surface area contributed by atoms with Gasteiger partial charge in [-0.15, -0.1) is 0 Å². The summed E-state index contributed by atoms with van der Waals surface area (Å²) >= 11 is 0. The lowest BCUT2D eigenvalue weighted by Crippen LogP contribution is -2.59. The Balaban J connectivity index is 2.03. The molecule has 0 bridgehead atoms. The maximum Gasteiger partial charge on any atom is 0.0902 e. The molecule has 0 aromatic heterocycles. The van der Waals surface area contributed by atoms with Crippen LogP contribution in [0.4, 0.5) is 0 Å². The summed E-state index contributed by atoms with van der Waals surface area (Å²) in [7, 11) is 0. The Morgan fingerprint density at radius 3 is 2.38 bits per heavy atom. The first-order valence-corrected chi connectivity index (χ1v) is 6.35. The highest BCUT2D eigenvalue weighted by atomic mass is 16.5. The minimum absolute atomic E-state index is 0.0827. The molecule has 1 fully saturated rings. The molecule has 0 atom stereocenters. The molecule has 0 unspecified atom stereocenters. The van der Waals surface area contributed by atoms with Crippen LogP contribution in [0.2, 0.25) is 0 Å². The molecule has 0 radical (unpaired) electrons. The number of nitrogens with zero attached hydrogens (tertiary/aromatic N) is 1. The van der Waals surface area contributed by atoms with Crippen molar-refractivity contribution in [3.8, 4) is 0 Å². The van der Waals surface area contributed by atoms with Gasteiger partial charge in [-0.1, -0.05) is 6.92 Å². The van der Waals surface area contributed by atoms with Crippen LogP contribution in [0, 0.1) is 0 Å². The highest BCUT2D eigenvalue weighted by Crippen LogP contribution is 2.14. The molecule has 0 spiro atoms. The third-order valence-corrected chi connectivity index (χ3v) is 3.06. The lowest BCUT2D eigenvalue weighted by atomic mass is 10.0. The summed E-state index contributed by atoms with van der Waals surface area (Å²) in [4.78, 5) is 2.37. The molecule has 0 aromatic rings. The van der Waals surface area contributed by atoms with Crippen molar-refractivity contribution in [2.45, 2.75) is 26.4 Å². The van der Waals surface area contributed by atoms with Crippen LogP contribution in [0.25, 0.3) is 0 Å². The van der Waals surface area contributed by atoms with Crippen molar-refractivity contribution in [3.05, 3.63) is 0 Å². The minimum Gasteiger partial charge on any atom is -0.380 e. The van der Waals surface area contributed by atoms with Gasteiger partial charge < -0.3 is 14.8 Å². The molecule has 0 saturated carbocycles. The molecule has 1 N–H and O–H groups in total. The zero-order valence-corrected chi connectivity index (χ0v) is 10.9. The summed E-state index contributed by atoms with van der Waals surface area (Å²) in [6.45, 7) is 13.9. The average Bonchev–Trinajstić information content (AvgIpc) is 2.25. The SMILES string of the molecule is CCOCCN(CC)CCOC1(C)CNC1. The Bertz CT molecular complexity index is 184. The Morgan fingerprint density at radius 1 is 1.19 bits per heavy atom. The molecule has 1 saturated heterocycles. The first-order valence-electron chi connectivity index (χ1n) is 6.35. The van der Waals surface area contributed by atoms with Gasteiger partial charge in [-0.25, -0.2) is 0 Å². The van der Waals surface area contributed by atoms with Crippen LogP contribution in [-0.2, 0) is 9.47 Å². The summed E-state index contributed by atoms with van der Waals surface area (Å²) in [6, 6.07) is 0. The second-order valence-corrected chi connectivity index (χ2v) is 4.53. The van der Waals surface area contributed by atoms with E-state index in [0.29, 0.717) is 0 Å². The minimum atomic E-state index is 0.0827. The van der Waals surface area contributed by atoms with Crippen molar-refractivity contribution in [1.82, 2.24) is 10.2 Å². The number of ether oxygens (including phenoxy) is 2. The van der Waals surface area contributed by atoms with Gasteiger partial charge in [0.05, 0.1) is 18.8 Å². The summed E-state index contributed by atoms with van der Waals surface area (Å²) < 4.78 is 11.2. The van der Waals surface area contributed by atoms with Gasteiger partial charge >= 0.3 is 0 Å². The molecule has 1 heterocycles. The summed E-state index contributed by atoms with van der Waals surface area (Å²) in [5, 5.41) is 3.24. The quantitative estimate of drug-likeness (QED) is 0.592. The third kappa shape index (κ3) is 4.78. The van der Waals surface area contributed by atoms with Crippen LogP contribution in [-0.4, -0.2) is 63.0 Å². The van der Waals surface area contributed by atoms with Crippen LogP contribution < -0.4 is 5.32 Å². The largest absolute Gasteiger partial charge is 0.380 e. The van der Waals surface area contributed by atoms with E-state index in [1.807, 2.05) is 6.92 Å². The highest BCUT2D eigenvalue weighted by molar-refractivity contribution is 4.90. The second-order valence-electron chi connectivity index (χ2n) is 4.53. The first-order chi connectivity index (χ1) is 7.70. The maximum absolute atomic E-state index is 5.86. The number of hydrogen-bond donors (Lipinski definition) is 1. The van der Waals surface area contributed by atoms with Crippen LogP contribution in [0.15, 0.2) is 0 Å². The van der Waals surface area contributed by atoms with Gasteiger partial charge in [-0.2, -0.15) is 0 Å². The highest BCUT2D eigenvalue weighted by Gasteiger charge is 2.32. The Kier molecular flexibility index (Phi) is 6.28. The molecule has 0 amide bonds. The third-order valence-electron chi connectivity index (χ3n) is 3.06. The molecule has 96 valence electrons. The standard InChI is InChI=1S/C12H26N2O2/c1-4-14(6-8-15-5-2)7-9-16-12(3)10-13-11-12/h13H,4-11H2,1-3H3. The van der Waals surface area contributed by atoms with Gasteiger partial charge in [0, 0.05) is 32.8 Å². The van der Waals surface area contributed by atoms with Gasteiger partial charge in [-0.05, 0) is 20.4 Å². The Morgan fingerprint density at radius 2 is 1.88 bits per heavy atom. The molecule has 0 aliphatic carbocycles. The predicted octanol–water partition coefficient (Wildman–Crippen LogP) is 0.723. The zero-order valence-electron chi connectivity index (χ0n) is 10.9. The lowest BCUT2D eigenvalue weighted by molar-refractivity contribution is -0.0727. The molecule has 1 aliphatic rings. The Hall–Kier alpha value is -0.160. The second kappa shape index (κ2) is 7.22. The first kappa shape index (κ1) is 13.9. The molecule has 1 aliphatic heterocycles. The van der Waals surface area contributed by atoms with Crippen molar-refractivity contribution in [2.24, 2.45) is 0 Å². The van der Waals surface area contributed by atoms with Crippen LogP contribution >= 0.6 is 0 Å². The van der Waals surface area contributed by atoms with Crippen LogP contribution in [0.1, 0.15) is 20.8 Å². The predicted molar refractivity (Wildman–Crippen MR) is 65.8 cm³/mol. The van der Waals surface area contributed by atoms with E-state index in [9.17, 15) is 0 Å². The van der Waals surface area contributed by atoms with E-state index in [1.54, 1.807) is 0 Å². The monoisotopic (exact) mass is 230 g/mol.